The molecule has 1 fully saturated rings. The number of unbranched alkanes of at least 4 members (excludes halogenated alkanes) is 2. The molecule has 1 saturated heterocycles. The summed E-state index contributed by atoms with van der Waals surface area (Å²) in [6.07, 6.45) is 7.07. The van der Waals surface area contributed by atoms with Gasteiger partial charge in [0, 0.05) is 12.3 Å². The molecule has 0 aromatic heterocycles. The highest BCUT2D eigenvalue weighted by molar-refractivity contribution is 5.24. The van der Waals surface area contributed by atoms with Crippen molar-refractivity contribution in [3.63, 3.8) is 0 Å². The molecule has 22 heavy (non-hydrogen) atoms. The van der Waals surface area contributed by atoms with Crippen LogP contribution in [0.5, 0.6) is 0 Å². The van der Waals surface area contributed by atoms with E-state index in [1.165, 1.54) is 25.7 Å². The van der Waals surface area contributed by atoms with E-state index < -0.39 is 0 Å². The lowest BCUT2D eigenvalue weighted by Crippen LogP contribution is -2.32. The van der Waals surface area contributed by atoms with Crippen LogP contribution in [0.2, 0.25) is 0 Å². The first-order valence-corrected chi connectivity index (χ1v) is 8.73. The van der Waals surface area contributed by atoms with Crippen LogP contribution in [0.3, 0.4) is 0 Å². The molecule has 0 bridgehead atoms. The standard InChI is InChI=1S/C19H29FO2/c1-3-5-6-7-16-13-21-19(22-14-16)11-10-17-9-8-15(4-2)12-18(17)20/h8-9,12,16,19H,3-7,10-11,13-14H2,1-2H3. The van der Waals surface area contributed by atoms with Crippen LogP contribution in [0.25, 0.3) is 0 Å². The SMILES string of the molecule is CCCCCC1COC(CCc2ccc(CC)cc2F)OC1. The number of rotatable bonds is 8. The first-order valence-electron chi connectivity index (χ1n) is 8.73. The molecular formula is C19H29FO2. The fourth-order valence-electron chi connectivity index (χ4n) is 2.89. The maximum atomic E-state index is 13.9. The Morgan fingerprint density at radius 1 is 1.09 bits per heavy atom. The van der Waals surface area contributed by atoms with E-state index >= 15 is 0 Å². The Kier molecular flexibility index (Phi) is 7.34. The van der Waals surface area contributed by atoms with E-state index in [0.29, 0.717) is 12.3 Å². The molecule has 0 radical (unpaired) electrons. The molecule has 1 heterocycles. The van der Waals surface area contributed by atoms with Crippen molar-refractivity contribution in [1.82, 2.24) is 0 Å². The van der Waals surface area contributed by atoms with Crippen LogP contribution >= 0.6 is 0 Å². The van der Waals surface area contributed by atoms with Gasteiger partial charge in [-0.2, -0.15) is 0 Å². The topological polar surface area (TPSA) is 18.5 Å². The highest BCUT2D eigenvalue weighted by Crippen LogP contribution is 2.21. The highest BCUT2D eigenvalue weighted by Gasteiger charge is 2.22. The molecule has 0 saturated carbocycles. The van der Waals surface area contributed by atoms with Gasteiger partial charge in [-0.1, -0.05) is 45.2 Å². The lowest BCUT2D eigenvalue weighted by Gasteiger charge is -2.29. The zero-order valence-electron chi connectivity index (χ0n) is 13.9. The van der Waals surface area contributed by atoms with Gasteiger partial charge in [-0.25, -0.2) is 4.39 Å². The van der Waals surface area contributed by atoms with Gasteiger partial charge >= 0.3 is 0 Å². The quantitative estimate of drug-likeness (QED) is 0.637. The molecule has 0 unspecified atom stereocenters. The van der Waals surface area contributed by atoms with Gasteiger partial charge in [-0.05, 0) is 36.5 Å². The minimum atomic E-state index is -0.173. The molecule has 0 spiro atoms. The number of halogens is 1. The van der Waals surface area contributed by atoms with E-state index in [2.05, 4.69) is 6.92 Å². The summed E-state index contributed by atoms with van der Waals surface area (Å²) in [6.45, 7) is 5.82. The summed E-state index contributed by atoms with van der Waals surface area (Å²) in [5.74, 6) is 0.427. The van der Waals surface area contributed by atoms with Gasteiger partial charge in [0.15, 0.2) is 6.29 Å². The number of hydrogen-bond donors (Lipinski definition) is 0. The van der Waals surface area contributed by atoms with Gasteiger partial charge in [0.25, 0.3) is 0 Å². The average Bonchev–Trinajstić information content (AvgIpc) is 2.55. The van der Waals surface area contributed by atoms with Crippen molar-refractivity contribution < 1.29 is 13.9 Å². The third-order valence-electron chi connectivity index (χ3n) is 4.43. The van der Waals surface area contributed by atoms with Gasteiger partial charge in [0.1, 0.15) is 5.82 Å². The number of benzene rings is 1. The number of aryl methyl sites for hydroxylation is 2. The average molecular weight is 308 g/mol. The molecule has 124 valence electrons. The van der Waals surface area contributed by atoms with Gasteiger partial charge in [-0.15, -0.1) is 0 Å². The molecule has 1 aromatic carbocycles. The maximum Gasteiger partial charge on any atom is 0.157 e. The third kappa shape index (κ3) is 5.36. The Hall–Kier alpha value is -0.930. The fraction of sp³-hybridized carbons (Fsp3) is 0.684. The van der Waals surface area contributed by atoms with Crippen LogP contribution in [0.1, 0.15) is 57.1 Å². The highest BCUT2D eigenvalue weighted by atomic mass is 19.1. The monoisotopic (exact) mass is 308 g/mol. The number of hydrogen-bond acceptors (Lipinski definition) is 2. The van der Waals surface area contributed by atoms with E-state index in [4.69, 9.17) is 9.47 Å². The zero-order chi connectivity index (χ0) is 15.8. The first-order chi connectivity index (χ1) is 10.7. The lowest BCUT2D eigenvalue weighted by molar-refractivity contribution is -0.203. The summed E-state index contributed by atoms with van der Waals surface area (Å²) in [5.41, 5.74) is 1.80. The molecule has 0 atom stereocenters. The van der Waals surface area contributed by atoms with Crippen molar-refractivity contribution in [3.05, 3.63) is 35.1 Å². The second-order valence-electron chi connectivity index (χ2n) is 6.28. The normalized spacial score (nSPS) is 22.0. The molecular weight excluding hydrogens is 279 g/mol. The van der Waals surface area contributed by atoms with Crippen LogP contribution in [0, 0.1) is 11.7 Å². The van der Waals surface area contributed by atoms with Crippen molar-refractivity contribution in [3.8, 4) is 0 Å². The van der Waals surface area contributed by atoms with Crippen LogP contribution in [0.15, 0.2) is 18.2 Å². The Morgan fingerprint density at radius 3 is 2.50 bits per heavy atom. The summed E-state index contributed by atoms with van der Waals surface area (Å²) in [5, 5.41) is 0. The minimum Gasteiger partial charge on any atom is -0.352 e. The summed E-state index contributed by atoms with van der Waals surface area (Å²) < 4.78 is 25.5. The predicted octanol–water partition coefficient (Wildman–Crippen LogP) is 4.89. The van der Waals surface area contributed by atoms with E-state index in [0.717, 1.165) is 37.2 Å². The maximum absolute atomic E-state index is 13.9. The lowest BCUT2D eigenvalue weighted by atomic mass is 10.0. The summed E-state index contributed by atoms with van der Waals surface area (Å²) in [6, 6.07) is 5.54. The van der Waals surface area contributed by atoms with Gasteiger partial charge in [0.2, 0.25) is 0 Å². The van der Waals surface area contributed by atoms with Crippen molar-refractivity contribution >= 4 is 0 Å². The van der Waals surface area contributed by atoms with Crippen LogP contribution in [-0.2, 0) is 22.3 Å². The molecule has 0 amide bonds. The number of ether oxygens (including phenoxy) is 2. The molecule has 2 rings (SSSR count). The van der Waals surface area contributed by atoms with Crippen molar-refractivity contribution in [1.29, 1.82) is 0 Å². The minimum absolute atomic E-state index is 0.104. The molecule has 1 aliphatic rings. The zero-order valence-corrected chi connectivity index (χ0v) is 13.9. The second kappa shape index (κ2) is 9.26. The predicted molar refractivity (Wildman–Crippen MR) is 87.4 cm³/mol. The molecule has 2 nitrogen and oxygen atoms in total. The molecule has 0 N–H and O–H groups in total. The Balaban J connectivity index is 1.70. The largest absolute Gasteiger partial charge is 0.352 e. The van der Waals surface area contributed by atoms with Gasteiger partial charge in [0.05, 0.1) is 13.2 Å². The Labute approximate surface area is 134 Å². The molecule has 3 heteroatoms. The molecule has 1 aliphatic heterocycles. The molecule has 0 aliphatic carbocycles. The van der Waals surface area contributed by atoms with E-state index in [1.807, 2.05) is 19.1 Å². The van der Waals surface area contributed by atoms with Gasteiger partial charge in [-0.3, -0.25) is 0 Å². The van der Waals surface area contributed by atoms with Crippen LogP contribution in [-0.4, -0.2) is 19.5 Å². The van der Waals surface area contributed by atoms with Crippen molar-refractivity contribution in [2.45, 2.75) is 65.1 Å². The summed E-state index contributed by atoms with van der Waals surface area (Å²) in [7, 11) is 0. The summed E-state index contributed by atoms with van der Waals surface area (Å²) >= 11 is 0. The van der Waals surface area contributed by atoms with Crippen molar-refractivity contribution in [2.24, 2.45) is 5.92 Å². The molecule has 1 aromatic rings. The van der Waals surface area contributed by atoms with Crippen LogP contribution < -0.4 is 0 Å². The summed E-state index contributed by atoms with van der Waals surface area (Å²) in [4.78, 5) is 0. The van der Waals surface area contributed by atoms with E-state index in [-0.39, 0.29) is 12.1 Å². The van der Waals surface area contributed by atoms with Crippen molar-refractivity contribution in [2.75, 3.05) is 13.2 Å². The Morgan fingerprint density at radius 2 is 1.86 bits per heavy atom. The van der Waals surface area contributed by atoms with E-state index in [9.17, 15) is 4.39 Å². The van der Waals surface area contributed by atoms with Gasteiger partial charge < -0.3 is 9.47 Å². The fourth-order valence-corrected chi connectivity index (χ4v) is 2.89. The Bertz CT molecular complexity index is 439. The third-order valence-corrected chi connectivity index (χ3v) is 4.43. The first kappa shape index (κ1) is 17.4. The van der Waals surface area contributed by atoms with E-state index in [1.54, 1.807) is 6.07 Å². The smallest absolute Gasteiger partial charge is 0.157 e. The van der Waals surface area contributed by atoms with Crippen LogP contribution in [0.4, 0.5) is 4.39 Å². The second-order valence-corrected chi connectivity index (χ2v) is 6.28.